The molecule has 0 amide bonds. The summed E-state index contributed by atoms with van der Waals surface area (Å²) < 4.78 is 19.8. The molecule has 0 spiro atoms. The van der Waals surface area contributed by atoms with Crippen LogP contribution in [0.1, 0.15) is 37.1 Å². The predicted octanol–water partition coefficient (Wildman–Crippen LogP) is 4.05. The van der Waals surface area contributed by atoms with E-state index in [9.17, 15) is 4.39 Å². The van der Waals surface area contributed by atoms with Crippen molar-refractivity contribution < 1.29 is 9.13 Å². The van der Waals surface area contributed by atoms with E-state index in [1.165, 1.54) is 18.9 Å². The van der Waals surface area contributed by atoms with Gasteiger partial charge in [0.1, 0.15) is 0 Å². The highest BCUT2D eigenvalue weighted by Crippen LogP contribution is 2.30. The Morgan fingerprint density at radius 1 is 1.33 bits per heavy atom. The van der Waals surface area contributed by atoms with Crippen LogP contribution in [-0.2, 0) is 6.54 Å². The van der Waals surface area contributed by atoms with Crippen molar-refractivity contribution in [2.75, 3.05) is 13.7 Å². The van der Waals surface area contributed by atoms with Crippen molar-refractivity contribution in [1.82, 2.24) is 15.6 Å². The van der Waals surface area contributed by atoms with Gasteiger partial charge in [0, 0.05) is 13.2 Å². The lowest BCUT2D eigenvalue weighted by Crippen LogP contribution is -2.38. The number of ether oxygens (including phenoxy) is 1. The number of hydrogen-bond donors (Lipinski definition) is 2. The zero-order chi connectivity index (χ0) is 18.4. The number of hydrogen-bond acceptors (Lipinski definition) is 3. The van der Waals surface area contributed by atoms with Gasteiger partial charge in [-0.05, 0) is 55.5 Å². The molecule has 0 saturated heterocycles. The number of guanidine groups is 1. The first-order chi connectivity index (χ1) is 12.7. The minimum absolute atomic E-state index is 0. The second-order valence-corrected chi connectivity index (χ2v) is 6.56. The van der Waals surface area contributed by atoms with E-state index in [-0.39, 0.29) is 35.8 Å². The third-order valence-electron chi connectivity index (χ3n) is 4.37. The molecule has 146 valence electrons. The molecule has 0 aliphatic heterocycles. The first kappa shape index (κ1) is 21.4. The summed E-state index contributed by atoms with van der Waals surface area (Å²) in [6.45, 7) is 3.14. The fourth-order valence-corrected chi connectivity index (χ4v) is 2.56. The molecule has 1 atom stereocenters. The van der Waals surface area contributed by atoms with Crippen molar-refractivity contribution in [2.24, 2.45) is 10.9 Å². The van der Waals surface area contributed by atoms with Crippen molar-refractivity contribution in [3.05, 3.63) is 59.7 Å². The van der Waals surface area contributed by atoms with Crippen molar-refractivity contribution in [3.8, 4) is 5.75 Å². The Labute approximate surface area is 176 Å². The average molecular weight is 484 g/mol. The van der Waals surface area contributed by atoms with Gasteiger partial charge in [0.2, 0.25) is 0 Å². The standard InChI is InChI=1S/C20H25FN4O.HI/c1-14(25-20(22-2)24-12-17-5-3-4-10-23-17)16-8-9-19(18(21)11-16)26-13-15-6-7-15;/h3-5,8-11,14-15H,6-7,12-13H2,1-2H3,(H2,22,24,25);1H. The number of halogens is 2. The van der Waals surface area contributed by atoms with Gasteiger partial charge in [-0.2, -0.15) is 0 Å². The Hall–Kier alpha value is -1.90. The molecule has 3 rings (SSSR count). The van der Waals surface area contributed by atoms with E-state index in [4.69, 9.17) is 4.74 Å². The lowest BCUT2D eigenvalue weighted by molar-refractivity contribution is 0.285. The maximum atomic E-state index is 14.3. The van der Waals surface area contributed by atoms with Gasteiger partial charge >= 0.3 is 0 Å². The van der Waals surface area contributed by atoms with Crippen LogP contribution in [-0.4, -0.2) is 24.6 Å². The van der Waals surface area contributed by atoms with E-state index < -0.39 is 0 Å². The smallest absolute Gasteiger partial charge is 0.191 e. The molecule has 0 radical (unpaired) electrons. The topological polar surface area (TPSA) is 58.5 Å². The summed E-state index contributed by atoms with van der Waals surface area (Å²) >= 11 is 0. The van der Waals surface area contributed by atoms with E-state index in [0.29, 0.717) is 30.8 Å². The van der Waals surface area contributed by atoms with Gasteiger partial charge in [0.25, 0.3) is 0 Å². The van der Waals surface area contributed by atoms with Crippen molar-refractivity contribution in [2.45, 2.75) is 32.4 Å². The third kappa shape index (κ3) is 6.64. The first-order valence-corrected chi connectivity index (χ1v) is 8.95. The zero-order valence-electron chi connectivity index (χ0n) is 15.6. The molecular formula is C20H26FIN4O. The van der Waals surface area contributed by atoms with Crippen LogP contribution in [0.15, 0.2) is 47.6 Å². The second kappa shape index (κ2) is 10.4. The first-order valence-electron chi connectivity index (χ1n) is 8.95. The minimum Gasteiger partial charge on any atom is -0.490 e. The third-order valence-corrected chi connectivity index (χ3v) is 4.37. The summed E-state index contributed by atoms with van der Waals surface area (Å²) in [6, 6.07) is 10.8. The molecule has 2 N–H and O–H groups in total. The van der Waals surface area contributed by atoms with Gasteiger partial charge in [-0.15, -0.1) is 24.0 Å². The number of aromatic nitrogens is 1. The molecule has 1 aromatic heterocycles. The van der Waals surface area contributed by atoms with Crippen LogP contribution in [0, 0.1) is 11.7 Å². The lowest BCUT2D eigenvalue weighted by atomic mass is 10.1. The molecule has 1 aromatic carbocycles. The highest BCUT2D eigenvalue weighted by molar-refractivity contribution is 14.0. The van der Waals surface area contributed by atoms with Crippen LogP contribution < -0.4 is 15.4 Å². The van der Waals surface area contributed by atoms with E-state index in [0.717, 1.165) is 11.3 Å². The van der Waals surface area contributed by atoms with Crippen molar-refractivity contribution in [1.29, 1.82) is 0 Å². The van der Waals surface area contributed by atoms with Gasteiger partial charge in [0.05, 0.1) is 24.9 Å². The number of pyridine rings is 1. The van der Waals surface area contributed by atoms with Crippen LogP contribution in [0.3, 0.4) is 0 Å². The molecule has 1 heterocycles. The average Bonchev–Trinajstić information content (AvgIpc) is 3.49. The van der Waals surface area contributed by atoms with Crippen LogP contribution in [0.25, 0.3) is 0 Å². The maximum absolute atomic E-state index is 14.3. The Bertz CT molecular complexity index is 753. The van der Waals surface area contributed by atoms with Crippen molar-refractivity contribution >= 4 is 29.9 Å². The van der Waals surface area contributed by atoms with Crippen LogP contribution in [0.4, 0.5) is 4.39 Å². The molecule has 7 heteroatoms. The van der Waals surface area contributed by atoms with Gasteiger partial charge in [-0.1, -0.05) is 12.1 Å². The summed E-state index contributed by atoms with van der Waals surface area (Å²) in [5.74, 6) is 1.24. The van der Waals surface area contributed by atoms with E-state index in [1.807, 2.05) is 31.2 Å². The number of aliphatic imine (C=N–C) groups is 1. The Kier molecular flexibility index (Phi) is 8.27. The lowest BCUT2D eigenvalue weighted by Gasteiger charge is -2.19. The van der Waals surface area contributed by atoms with E-state index in [1.54, 1.807) is 19.3 Å². The molecule has 27 heavy (non-hydrogen) atoms. The number of rotatable bonds is 7. The quantitative estimate of drug-likeness (QED) is 0.354. The molecule has 0 bridgehead atoms. The highest BCUT2D eigenvalue weighted by atomic mass is 127. The Morgan fingerprint density at radius 3 is 2.78 bits per heavy atom. The van der Waals surface area contributed by atoms with Gasteiger partial charge < -0.3 is 15.4 Å². The van der Waals surface area contributed by atoms with Crippen LogP contribution in [0.2, 0.25) is 0 Å². The number of nitrogens with zero attached hydrogens (tertiary/aromatic N) is 2. The molecule has 1 unspecified atom stereocenters. The molecule has 1 saturated carbocycles. The Balaban J connectivity index is 0.00000261. The summed E-state index contributed by atoms with van der Waals surface area (Å²) in [5, 5.41) is 6.47. The monoisotopic (exact) mass is 484 g/mol. The predicted molar refractivity (Wildman–Crippen MR) is 116 cm³/mol. The molecule has 1 aliphatic carbocycles. The largest absolute Gasteiger partial charge is 0.490 e. The molecule has 1 aliphatic rings. The maximum Gasteiger partial charge on any atom is 0.191 e. The van der Waals surface area contributed by atoms with Crippen molar-refractivity contribution in [3.63, 3.8) is 0 Å². The fourth-order valence-electron chi connectivity index (χ4n) is 2.56. The number of benzene rings is 1. The summed E-state index contributed by atoms with van der Waals surface area (Å²) in [6.07, 6.45) is 4.13. The summed E-state index contributed by atoms with van der Waals surface area (Å²) in [5.41, 5.74) is 1.76. The summed E-state index contributed by atoms with van der Waals surface area (Å²) in [7, 11) is 1.70. The van der Waals surface area contributed by atoms with Gasteiger partial charge in [0.15, 0.2) is 17.5 Å². The van der Waals surface area contributed by atoms with E-state index in [2.05, 4.69) is 20.6 Å². The van der Waals surface area contributed by atoms with Gasteiger partial charge in [-0.25, -0.2) is 4.39 Å². The number of nitrogens with one attached hydrogen (secondary N) is 2. The normalized spacial score (nSPS) is 14.9. The summed E-state index contributed by atoms with van der Waals surface area (Å²) in [4.78, 5) is 8.48. The minimum atomic E-state index is -0.326. The van der Waals surface area contributed by atoms with Crippen LogP contribution >= 0.6 is 24.0 Å². The van der Waals surface area contributed by atoms with E-state index >= 15 is 0 Å². The van der Waals surface area contributed by atoms with Gasteiger partial charge in [-0.3, -0.25) is 9.98 Å². The molecule has 2 aromatic rings. The Morgan fingerprint density at radius 2 is 2.15 bits per heavy atom. The molecule has 5 nitrogen and oxygen atoms in total. The molecular weight excluding hydrogens is 458 g/mol. The fraction of sp³-hybridized carbons (Fsp3) is 0.400. The van der Waals surface area contributed by atoms with Crippen LogP contribution in [0.5, 0.6) is 5.75 Å². The highest BCUT2D eigenvalue weighted by Gasteiger charge is 2.22. The molecule has 1 fully saturated rings. The SMILES string of the molecule is CN=C(NCc1ccccn1)NC(C)c1ccc(OCC2CC2)c(F)c1.I. The zero-order valence-corrected chi connectivity index (χ0v) is 17.9. The second-order valence-electron chi connectivity index (χ2n) is 6.56.